The minimum atomic E-state index is -5.19. The lowest BCUT2D eigenvalue weighted by atomic mass is 9.77. The summed E-state index contributed by atoms with van der Waals surface area (Å²) in [7, 11) is 1.38. The molecule has 398 valence electrons. The van der Waals surface area contributed by atoms with E-state index in [9.17, 15) is 57.3 Å². The van der Waals surface area contributed by atoms with Gasteiger partial charge in [0.05, 0.1) is 6.54 Å². The molecule has 4 atom stereocenters. The van der Waals surface area contributed by atoms with E-state index in [0.29, 0.717) is 36.4 Å². The number of likely N-dealkylation sites (N-methyl/N-ethyl adjacent to an activating group) is 1. The summed E-state index contributed by atoms with van der Waals surface area (Å²) in [4.78, 5) is 90.6. The number of amides is 5. The molecule has 1 aliphatic heterocycles. The van der Waals surface area contributed by atoms with Gasteiger partial charge in [0.2, 0.25) is 23.6 Å². The van der Waals surface area contributed by atoms with E-state index in [4.69, 9.17) is 9.90 Å². The zero-order valence-corrected chi connectivity index (χ0v) is 41.6. The molecule has 1 fully saturated rings. The number of phenols is 2. The minimum absolute atomic E-state index is 0.0120. The van der Waals surface area contributed by atoms with Crippen LogP contribution in [0.2, 0.25) is 0 Å². The topological polar surface area (TPSA) is 282 Å². The van der Waals surface area contributed by atoms with Crippen molar-refractivity contribution < 1.29 is 72.9 Å². The van der Waals surface area contributed by atoms with Gasteiger partial charge in [-0.05, 0) is 128 Å². The predicted octanol–water partition coefficient (Wildman–Crippen LogP) is 4.65. The van der Waals surface area contributed by atoms with Gasteiger partial charge in [-0.25, -0.2) is 4.79 Å². The van der Waals surface area contributed by atoms with Crippen molar-refractivity contribution in [1.29, 1.82) is 0 Å². The molecule has 1 saturated carbocycles. The fourth-order valence-electron chi connectivity index (χ4n) is 9.27. The average molecular weight is 1030 g/mol. The number of carboxylic acid groups (broad SMARTS) is 2. The van der Waals surface area contributed by atoms with E-state index in [0.717, 1.165) is 21.9 Å². The van der Waals surface area contributed by atoms with E-state index in [2.05, 4.69) is 58.2 Å². The van der Waals surface area contributed by atoms with Gasteiger partial charge >= 0.3 is 12.1 Å². The molecule has 0 saturated heterocycles. The van der Waals surface area contributed by atoms with Crippen LogP contribution in [0.3, 0.4) is 0 Å². The molecule has 6 rings (SSSR count). The number of fused-ring (bicyclic) bond motifs is 5. The van der Waals surface area contributed by atoms with E-state index in [1.807, 2.05) is 12.1 Å². The Bertz CT molecular complexity index is 2620. The first-order valence-electron chi connectivity index (χ1n) is 24.7. The fraction of sp³-hybridized carbons (Fsp3) is 0.426. The minimum Gasteiger partial charge on any atom is -0.542 e. The number of hydrogen-bond acceptors (Lipinski definition) is 10. The van der Waals surface area contributed by atoms with Gasteiger partial charge < -0.3 is 57.1 Å². The zero-order valence-electron chi connectivity index (χ0n) is 41.6. The Hall–Kier alpha value is -7.48. The van der Waals surface area contributed by atoms with Crippen molar-refractivity contribution in [3.63, 3.8) is 0 Å². The smallest absolute Gasteiger partial charge is 0.430 e. The number of nitrogens with one attached hydrogen (secondary N) is 4. The van der Waals surface area contributed by atoms with Gasteiger partial charge in [-0.15, -0.1) is 0 Å². The molecule has 1 heterocycles. The van der Waals surface area contributed by atoms with Gasteiger partial charge in [-0.2, -0.15) is 13.2 Å². The Kier molecular flexibility index (Phi) is 20.5. The molecular weight excluding hydrogens is 966 g/mol. The van der Waals surface area contributed by atoms with Crippen LogP contribution >= 0.6 is 0 Å². The summed E-state index contributed by atoms with van der Waals surface area (Å²) in [6.07, 6.45) is 3.52. The monoisotopic (exact) mass is 1030 g/mol. The first-order chi connectivity index (χ1) is 35.1. The van der Waals surface area contributed by atoms with Crippen LogP contribution in [0.25, 0.3) is 22.3 Å². The first-order valence-corrected chi connectivity index (χ1v) is 24.7. The van der Waals surface area contributed by atoms with Crippen molar-refractivity contribution >= 4 is 41.5 Å². The van der Waals surface area contributed by atoms with Crippen molar-refractivity contribution in [2.45, 2.75) is 121 Å². The van der Waals surface area contributed by atoms with Gasteiger partial charge in [0.15, 0.2) is 0 Å². The van der Waals surface area contributed by atoms with Crippen molar-refractivity contribution in [3.05, 3.63) is 107 Å². The molecular formula is C54H65F3N6O11. The summed E-state index contributed by atoms with van der Waals surface area (Å²) in [6, 6.07) is 19.4. The maximum Gasteiger partial charge on any atom is 0.430 e. The molecule has 4 bridgehead atoms. The highest BCUT2D eigenvalue weighted by Gasteiger charge is 2.36. The molecule has 5 amide bonds. The average Bonchev–Trinajstić information content (AvgIpc) is 3.36. The lowest BCUT2D eigenvalue weighted by molar-refractivity contribution is -0.368. The lowest BCUT2D eigenvalue weighted by Crippen LogP contribution is -2.55. The Morgan fingerprint density at radius 3 is 1.99 bits per heavy atom. The number of nitrogens with zero attached hydrogens (tertiary/aromatic N) is 1. The first kappa shape index (κ1) is 57.4. The van der Waals surface area contributed by atoms with Gasteiger partial charge in [0.1, 0.15) is 41.6 Å². The van der Waals surface area contributed by atoms with Crippen LogP contribution in [-0.2, 0) is 35.2 Å². The van der Waals surface area contributed by atoms with Crippen LogP contribution in [0.1, 0.15) is 117 Å². The highest BCUT2D eigenvalue weighted by molar-refractivity contribution is 5.97. The van der Waals surface area contributed by atoms with Gasteiger partial charge in [-0.1, -0.05) is 68.3 Å². The summed E-state index contributed by atoms with van der Waals surface area (Å²) in [5.74, 6) is -6.45. The number of benzene rings is 4. The number of hydrogen-bond donors (Lipinski definition) is 8. The number of phenolic OH excluding ortho intramolecular Hbond substituents is 2. The van der Waals surface area contributed by atoms with Crippen LogP contribution in [0.5, 0.6) is 11.5 Å². The van der Waals surface area contributed by atoms with Crippen molar-refractivity contribution in [2.24, 2.45) is 5.92 Å². The van der Waals surface area contributed by atoms with E-state index in [1.165, 1.54) is 94.5 Å². The third-order valence-corrected chi connectivity index (χ3v) is 13.4. The number of carboxylic acids is 2. The number of aliphatic carboxylic acids is 2. The van der Waals surface area contributed by atoms with E-state index in [-0.39, 0.29) is 59.9 Å². The van der Waals surface area contributed by atoms with E-state index in [1.54, 1.807) is 12.1 Å². The van der Waals surface area contributed by atoms with Crippen LogP contribution in [0, 0.1) is 5.92 Å². The number of alkyl halides is 3. The summed E-state index contributed by atoms with van der Waals surface area (Å²) in [5, 5.41) is 51.2. The Labute approximate surface area is 427 Å². The highest BCUT2D eigenvalue weighted by atomic mass is 19.4. The molecule has 0 spiro atoms. The number of aromatic hydroxyl groups is 2. The van der Waals surface area contributed by atoms with Crippen LogP contribution in [-0.4, -0.2) is 106 Å². The molecule has 0 aromatic heterocycles. The molecule has 0 radical (unpaired) electrons. The second-order valence-corrected chi connectivity index (χ2v) is 18.8. The molecule has 20 heteroatoms. The number of quaternary nitrogens is 1. The van der Waals surface area contributed by atoms with E-state index < -0.39 is 65.9 Å². The van der Waals surface area contributed by atoms with Crippen LogP contribution in [0.4, 0.5) is 13.2 Å². The number of carbonyl (C=O) groups excluding carboxylic acids is 6. The van der Waals surface area contributed by atoms with Crippen molar-refractivity contribution in [2.75, 3.05) is 20.1 Å². The molecule has 10 N–H and O–H groups in total. The molecule has 0 unspecified atom stereocenters. The van der Waals surface area contributed by atoms with Gasteiger partial charge in [-0.3, -0.25) is 24.0 Å². The van der Waals surface area contributed by atoms with Crippen molar-refractivity contribution in [1.82, 2.24) is 26.2 Å². The SMILES string of the molecule is CCCC1CCC(c2ccc(-c3ccc(C(=O)NCCC(=O)N[C@@H](CCCC[NH3+])C(=O)N(C)[C@@H]4C(=O)N[C@@H](C)C(=O)N[C@H](C(=O)O)Cc5ccc(O)c(c5)-c5cc4ccc5O)cc3)cc2)CC1.O=C([O-])C(F)(F)F. The lowest BCUT2D eigenvalue weighted by Gasteiger charge is -2.32. The largest absolute Gasteiger partial charge is 0.542 e. The second-order valence-electron chi connectivity index (χ2n) is 18.8. The third-order valence-electron chi connectivity index (χ3n) is 13.4. The quantitative estimate of drug-likeness (QED) is 0.0715. The summed E-state index contributed by atoms with van der Waals surface area (Å²) in [6.45, 7) is 4.21. The summed E-state index contributed by atoms with van der Waals surface area (Å²) >= 11 is 0. The highest BCUT2D eigenvalue weighted by Crippen LogP contribution is 2.40. The molecule has 4 aromatic carbocycles. The second kappa shape index (κ2) is 26.5. The Morgan fingerprint density at radius 1 is 0.824 bits per heavy atom. The molecule has 1 aliphatic carbocycles. The van der Waals surface area contributed by atoms with E-state index >= 15 is 0 Å². The normalized spacial score (nSPS) is 19.2. The Morgan fingerprint density at radius 2 is 1.41 bits per heavy atom. The van der Waals surface area contributed by atoms with Crippen molar-refractivity contribution in [3.8, 4) is 33.8 Å². The molecule has 17 nitrogen and oxygen atoms in total. The van der Waals surface area contributed by atoms with Gasteiger partial charge in [0, 0.05) is 43.1 Å². The zero-order chi connectivity index (χ0) is 54.3. The standard InChI is InChI=1S/C52H64N6O9.C2HF3O2/c1-4-7-32-9-12-34(13-10-32)35-14-16-36(17-15-35)37-18-20-38(21-19-37)49(63)54-27-25-46(61)56-42(8-5-6-26-53)51(65)58(3)47-39-22-24-45(60)41(30-39)40-28-33(11-23-44(40)59)29-43(52(66)67)57-48(62)31(2)55-50(47)64;3-2(4,5)1(6)7/h11,14-24,28,30-32,34,42-43,47,59-60H,4-10,12-13,25-27,29,53H2,1-3H3,(H,54,63)(H,55,64)(H,56,61)(H,57,62)(H,66,67);(H,6,7)/t31-,32?,34?,42-,43-,47-;/m0./s1. The fourth-order valence-corrected chi connectivity index (χ4v) is 9.27. The summed E-state index contributed by atoms with van der Waals surface area (Å²) < 4.78 is 31.5. The molecule has 74 heavy (non-hydrogen) atoms. The summed E-state index contributed by atoms with van der Waals surface area (Å²) in [5.41, 5.74) is 8.63. The van der Waals surface area contributed by atoms with Crippen LogP contribution in [0.15, 0.2) is 84.9 Å². The molecule has 2 aliphatic rings. The third kappa shape index (κ3) is 15.8. The molecule has 4 aromatic rings. The van der Waals surface area contributed by atoms with Gasteiger partial charge in [0.25, 0.3) is 5.91 Å². The van der Waals surface area contributed by atoms with Crippen LogP contribution < -0.4 is 32.1 Å². The number of unbranched alkanes of at least 4 members (excludes halogenated alkanes) is 1. The number of rotatable bonds is 16. The number of carbonyl (C=O) groups is 7. The maximum atomic E-state index is 14.4. The Balaban J connectivity index is 0.00000135. The predicted molar refractivity (Wildman–Crippen MR) is 265 cm³/mol. The number of halogens is 3. The maximum absolute atomic E-state index is 14.4.